The summed E-state index contributed by atoms with van der Waals surface area (Å²) in [5.41, 5.74) is 1.15. The van der Waals surface area contributed by atoms with Crippen molar-refractivity contribution in [2.45, 2.75) is 19.8 Å². The number of Topliss-reactive ketones (excluding diaryl/α,β-unsaturated/α-hetero) is 1. The molecular formula is C11H11O2. The van der Waals surface area contributed by atoms with Crippen LogP contribution in [0.15, 0.2) is 24.3 Å². The molecule has 1 rings (SSSR count). The third-order valence-corrected chi connectivity index (χ3v) is 1.80. The monoisotopic (exact) mass is 175 g/mol. The minimum atomic E-state index is 0.125. The van der Waals surface area contributed by atoms with Crippen LogP contribution in [-0.4, -0.2) is 12.1 Å². The van der Waals surface area contributed by atoms with Gasteiger partial charge >= 0.3 is 0 Å². The van der Waals surface area contributed by atoms with Crippen molar-refractivity contribution in [3.8, 4) is 0 Å². The van der Waals surface area contributed by atoms with E-state index in [0.29, 0.717) is 17.5 Å². The molecule has 0 saturated carbocycles. The smallest absolute Gasteiger partial charge is 0.233 e. The Labute approximate surface area is 77.6 Å². The van der Waals surface area contributed by atoms with E-state index < -0.39 is 0 Å². The third kappa shape index (κ3) is 2.51. The largest absolute Gasteiger partial charge is 0.294 e. The van der Waals surface area contributed by atoms with Gasteiger partial charge < -0.3 is 0 Å². The average molecular weight is 175 g/mol. The first-order chi connectivity index (χ1) is 6.27. The van der Waals surface area contributed by atoms with Crippen LogP contribution in [0.1, 0.15) is 35.7 Å². The first-order valence-corrected chi connectivity index (χ1v) is 4.29. The normalized spacial score (nSPS) is 9.62. The van der Waals surface area contributed by atoms with E-state index in [1.165, 1.54) is 0 Å². The Hall–Kier alpha value is -1.44. The van der Waals surface area contributed by atoms with Crippen molar-refractivity contribution in [2.24, 2.45) is 0 Å². The molecule has 0 aliphatic rings. The van der Waals surface area contributed by atoms with Crippen LogP contribution in [-0.2, 0) is 4.79 Å². The van der Waals surface area contributed by atoms with Crippen molar-refractivity contribution in [1.29, 1.82) is 0 Å². The zero-order valence-corrected chi connectivity index (χ0v) is 7.54. The molecule has 1 aromatic carbocycles. The van der Waals surface area contributed by atoms with Gasteiger partial charge in [0, 0.05) is 17.5 Å². The molecule has 67 valence electrons. The van der Waals surface area contributed by atoms with Crippen LogP contribution < -0.4 is 0 Å². The van der Waals surface area contributed by atoms with E-state index >= 15 is 0 Å². The fourth-order valence-corrected chi connectivity index (χ4v) is 1.10. The van der Waals surface area contributed by atoms with Gasteiger partial charge in [-0.25, -0.2) is 0 Å². The topological polar surface area (TPSA) is 34.1 Å². The van der Waals surface area contributed by atoms with Gasteiger partial charge in [0.2, 0.25) is 6.29 Å². The second-order valence-corrected chi connectivity index (χ2v) is 2.85. The van der Waals surface area contributed by atoms with Gasteiger partial charge in [-0.15, -0.1) is 0 Å². The number of hydrogen-bond acceptors (Lipinski definition) is 2. The van der Waals surface area contributed by atoms with Gasteiger partial charge in [0.25, 0.3) is 0 Å². The minimum Gasteiger partial charge on any atom is -0.294 e. The van der Waals surface area contributed by atoms with Gasteiger partial charge in [-0.1, -0.05) is 31.2 Å². The molecule has 0 aliphatic carbocycles. The van der Waals surface area contributed by atoms with E-state index in [4.69, 9.17) is 0 Å². The highest BCUT2D eigenvalue weighted by Gasteiger charge is 2.03. The third-order valence-electron chi connectivity index (χ3n) is 1.80. The number of carbonyl (C=O) groups excluding carboxylic acids is 2. The van der Waals surface area contributed by atoms with E-state index in [0.717, 1.165) is 6.42 Å². The van der Waals surface area contributed by atoms with Gasteiger partial charge in [0.05, 0.1) is 0 Å². The van der Waals surface area contributed by atoms with Crippen LogP contribution in [0.3, 0.4) is 0 Å². The highest BCUT2D eigenvalue weighted by Crippen LogP contribution is 2.06. The zero-order valence-electron chi connectivity index (χ0n) is 7.54. The van der Waals surface area contributed by atoms with Gasteiger partial charge in [0.1, 0.15) is 0 Å². The molecule has 0 aliphatic heterocycles. The summed E-state index contributed by atoms with van der Waals surface area (Å²) >= 11 is 0. The molecule has 0 atom stereocenters. The van der Waals surface area contributed by atoms with E-state index in [2.05, 4.69) is 0 Å². The van der Waals surface area contributed by atoms with Crippen LogP contribution >= 0.6 is 0 Å². The van der Waals surface area contributed by atoms with Crippen molar-refractivity contribution >= 4 is 12.1 Å². The number of hydrogen-bond donors (Lipinski definition) is 0. The molecule has 1 radical (unpaired) electrons. The summed E-state index contributed by atoms with van der Waals surface area (Å²) in [7, 11) is 0. The predicted octanol–water partition coefficient (Wildman–Crippen LogP) is 2.13. The fraction of sp³-hybridized carbons (Fsp3) is 0.273. The summed E-state index contributed by atoms with van der Waals surface area (Å²) in [4.78, 5) is 21.5. The number of rotatable bonds is 4. The number of benzene rings is 1. The quantitative estimate of drug-likeness (QED) is 0.657. The maximum atomic E-state index is 11.3. The lowest BCUT2D eigenvalue weighted by Crippen LogP contribution is -1.97. The average Bonchev–Trinajstić information content (AvgIpc) is 2.18. The van der Waals surface area contributed by atoms with Crippen LogP contribution in [0.4, 0.5) is 0 Å². The Kier molecular flexibility index (Phi) is 3.38. The lowest BCUT2D eigenvalue weighted by molar-refractivity contribution is 0.0982. The van der Waals surface area contributed by atoms with Crippen molar-refractivity contribution in [1.82, 2.24) is 0 Å². The van der Waals surface area contributed by atoms with E-state index in [-0.39, 0.29) is 5.78 Å². The van der Waals surface area contributed by atoms with Crippen molar-refractivity contribution in [3.63, 3.8) is 0 Å². The maximum Gasteiger partial charge on any atom is 0.233 e. The summed E-state index contributed by atoms with van der Waals surface area (Å²) in [6, 6.07) is 6.54. The molecule has 0 unspecified atom stereocenters. The lowest BCUT2D eigenvalue weighted by atomic mass is 10.1. The van der Waals surface area contributed by atoms with E-state index in [1.807, 2.05) is 6.92 Å². The Balaban J connectivity index is 2.79. The molecule has 2 heteroatoms. The molecule has 0 fully saturated rings. The molecule has 0 heterocycles. The Morgan fingerprint density at radius 1 is 1.31 bits per heavy atom. The standard InChI is InChI=1S/C11H11O2/c1-2-3-11(13)10-6-4-9(8-12)5-7-10/h4-7H,2-3H2,1H3. The highest BCUT2D eigenvalue weighted by molar-refractivity contribution is 5.96. The molecular weight excluding hydrogens is 164 g/mol. The molecule has 0 bridgehead atoms. The van der Waals surface area contributed by atoms with Crippen molar-refractivity contribution < 1.29 is 9.59 Å². The summed E-state index contributed by atoms with van der Waals surface area (Å²) in [6.07, 6.45) is 3.17. The van der Waals surface area contributed by atoms with Gasteiger partial charge in [-0.3, -0.25) is 9.59 Å². The highest BCUT2D eigenvalue weighted by atomic mass is 16.1. The fourth-order valence-electron chi connectivity index (χ4n) is 1.10. The van der Waals surface area contributed by atoms with Gasteiger partial charge in [-0.05, 0) is 6.42 Å². The number of carbonyl (C=O) groups is 1. The molecule has 1 aromatic rings. The Morgan fingerprint density at radius 3 is 2.38 bits per heavy atom. The molecule has 2 nitrogen and oxygen atoms in total. The molecule has 0 spiro atoms. The SMILES string of the molecule is CCCC(=O)c1ccc([C]=O)cc1. The van der Waals surface area contributed by atoms with Crippen molar-refractivity contribution in [2.75, 3.05) is 0 Å². The van der Waals surface area contributed by atoms with Crippen LogP contribution in [0, 0.1) is 0 Å². The molecule has 0 amide bonds. The minimum absolute atomic E-state index is 0.125. The summed E-state index contributed by atoms with van der Waals surface area (Å²) in [6.45, 7) is 1.96. The van der Waals surface area contributed by atoms with Crippen LogP contribution in [0.25, 0.3) is 0 Å². The van der Waals surface area contributed by atoms with Crippen molar-refractivity contribution in [3.05, 3.63) is 35.4 Å². The predicted molar refractivity (Wildman–Crippen MR) is 50.5 cm³/mol. The second-order valence-electron chi connectivity index (χ2n) is 2.85. The van der Waals surface area contributed by atoms with Gasteiger partial charge in [0.15, 0.2) is 5.78 Å². The Morgan fingerprint density at radius 2 is 1.92 bits per heavy atom. The molecule has 0 N–H and O–H groups in total. The number of ketones is 1. The molecule has 0 saturated heterocycles. The van der Waals surface area contributed by atoms with Crippen LogP contribution in [0.2, 0.25) is 0 Å². The van der Waals surface area contributed by atoms with Gasteiger partial charge in [-0.2, -0.15) is 0 Å². The maximum absolute atomic E-state index is 11.3. The molecule has 13 heavy (non-hydrogen) atoms. The zero-order chi connectivity index (χ0) is 9.68. The van der Waals surface area contributed by atoms with E-state index in [9.17, 15) is 9.59 Å². The summed E-state index contributed by atoms with van der Waals surface area (Å²) < 4.78 is 0. The first-order valence-electron chi connectivity index (χ1n) is 4.29. The lowest BCUT2D eigenvalue weighted by Gasteiger charge is -1.97. The molecule has 0 aromatic heterocycles. The van der Waals surface area contributed by atoms with Crippen LogP contribution in [0.5, 0.6) is 0 Å². The van der Waals surface area contributed by atoms with E-state index in [1.54, 1.807) is 30.6 Å². The Bertz CT molecular complexity index is 298. The summed E-state index contributed by atoms with van der Waals surface area (Å²) in [5.74, 6) is 0.125. The second kappa shape index (κ2) is 4.55. The summed E-state index contributed by atoms with van der Waals surface area (Å²) in [5, 5.41) is 0. The first kappa shape index (κ1) is 9.65.